The average Bonchev–Trinajstić information content (AvgIpc) is 1.35. The van der Waals surface area contributed by atoms with Crippen LogP contribution in [-0.2, 0) is 4.79 Å². The van der Waals surface area contributed by atoms with Crippen LogP contribution in [0.15, 0.2) is 0 Å². The van der Waals surface area contributed by atoms with E-state index in [-0.39, 0.29) is 0 Å². The summed E-state index contributed by atoms with van der Waals surface area (Å²) in [6.07, 6.45) is 0. The maximum Gasteiger partial charge on any atom is 0.191 e. The molecule has 0 aromatic rings. The Morgan fingerprint density at radius 1 is 1.67 bits per heavy atom. The second-order valence-corrected chi connectivity index (χ2v) is 2.15. The van der Waals surface area contributed by atoms with Gasteiger partial charge >= 0.3 is 0 Å². The van der Waals surface area contributed by atoms with Gasteiger partial charge in [0.2, 0.25) is 0 Å². The van der Waals surface area contributed by atoms with Gasteiger partial charge < -0.3 is 0 Å². The van der Waals surface area contributed by atoms with Crippen molar-refractivity contribution >= 4 is 17.6 Å². The van der Waals surface area contributed by atoms with Crippen molar-refractivity contribution in [2.24, 2.45) is 0 Å². The Bertz CT molecular complexity index is 46.1. The summed E-state index contributed by atoms with van der Waals surface area (Å²) in [6.45, 7) is 0. The molecular weight excluding hydrogens is 98.1 g/mol. The summed E-state index contributed by atoms with van der Waals surface area (Å²) >= 11 is 1.14. The van der Waals surface area contributed by atoms with Gasteiger partial charge in [0.15, 0.2) is 5.62 Å². The van der Waals surface area contributed by atoms with Gasteiger partial charge in [-0.05, 0) is 26.0 Å². The number of hydrogen-bond donors (Lipinski definition) is 0. The van der Waals surface area contributed by atoms with Gasteiger partial charge in [-0.2, -0.15) is 0 Å². The highest BCUT2D eigenvalue weighted by Gasteiger charge is 1.80. The first kappa shape index (κ1) is 5.98. The van der Waals surface area contributed by atoms with Crippen LogP contribution in [0.4, 0.5) is 0 Å². The van der Waals surface area contributed by atoms with Crippen molar-refractivity contribution in [2.45, 2.75) is 0 Å². The first-order valence-electron chi connectivity index (χ1n) is 1.55. The topological polar surface area (TPSA) is 20.3 Å². The van der Waals surface area contributed by atoms with Crippen LogP contribution in [0, 0.1) is 0 Å². The fourth-order valence-corrected chi connectivity index (χ4v) is 0.258. The molecule has 0 amide bonds. The molecule has 0 radical (unpaired) electrons. The van der Waals surface area contributed by atoms with Gasteiger partial charge in [0, 0.05) is 0 Å². The minimum Gasteiger partial charge on any atom is -0.290 e. The lowest BCUT2D eigenvalue weighted by Gasteiger charge is -1.97. The van der Waals surface area contributed by atoms with Crippen molar-refractivity contribution in [3.05, 3.63) is 0 Å². The van der Waals surface area contributed by atoms with Gasteiger partial charge in [-0.1, -0.05) is 0 Å². The van der Waals surface area contributed by atoms with E-state index in [1.807, 2.05) is 14.1 Å². The maximum absolute atomic E-state index is 9.54. The molecule has 0 heterocycles. The Kier molecular flexibility index (Phi) is 3.17. The molecule has 6 heavy (non-hydrogen) atoms. The second-order valence-electron chi connectivity index (χ2n) is 1.01. The summed E-state index contributed by atoms with van der Waals surface area (Å²) < 4.78 is 1.73. The molecule has 36 valence electrons. The van der Waals surface area contributed by atoms with Crippen molar-refractivity contribution in [2.75, 3.05) is 14.1 Å². The predicted octanol–water partition coefficient (Wildman–Crippen LogP) is 0.386. The van der Waals surface area contributed by atoms with Gasteiger partial charge in [-0.15, -0.1) is 0 Å². The van der Waals surface area contributed by atoms with E-state index < -0.39 is 0 Å². The van der Waals surface area contributed by atoms with Crippen molar-refractivity contribution in [1.29, 1.82) is 0 Å². The van der Waals surface area contributed by atoms with Crippen LogP contribution in [0.1, 0.15) is 0 Å². The molecule has 0 aromatic carbocycles. The zero-order chi connectivity index (χ0) is 4.99. The van der Waals surface area contributed by atoms with Crippen LogP contribution >= 0.6 is 11.9 Å². The molecule has 0 bridgehead atoms. The molecule has 0 fully saturated rings. The highest BCUT2D eigenvalue weighted by Crippen LogP contribution is 1.93. The summed E-state index contributed by atoms with van der Waals surface area (Å²) in [7, 11) is 3.64. The van der Waals surface area contributed by atoms with E-state index in [1.54, 1.807) is 4.31 Å². The van der Waals surface area contributed by atoms with Crippen LogP contribution in [0.5, 0.6) is 0 Å². The summed E-state index contributed by atoms with van der Waals surface area (Å²) in [5.74, 6) is 0. The summed E-state index contributed by atoms with van der Waals surface area (Å²) in [4.78, 5) is 9.54. The van der Waals surface area contributed by atoms with E-state index in [0.717, 1.165) is 17.6 Å². The number of carbonyl (C=O) groups is 1. The summed E-state index contributed by atoms with van der Waals surface area (Å²) in [5, 5.41) is 0. The molecule has 0 rings (SSSR count). The lowest BCUT2D eigenvalue weighted by atomic mass is 11.3. The SMILES string of the molecule is CN(C)SC=O. The molecule has 0 saturated carbocycles. The Balaban J connectivity index is 2.81. The second kappa shape index (κ2) is 3.18. The number of nitrogens with zero attached hydrogens (tertiary/aromatic N) is 1. The van der Waals surface area contributed by atoms with Crippen LogP contribution in [0.3, 0.4) is 0 Å². The number of carbonyl (C=O) groups excluding carboxylic acids is 1. The molecule has 0 aliphatic heterocycles. The van der Waals surface area contributed by atoms with Gasteiger partial charge in [-0.25, -0.2) is 0 Å². The Morgan fingerprint density at radius 2 is 2.17 bits per heavy atom. The predicted molar refractivity (Wildman–Crippen MR) is 28.0 cm³/mol. The first-order valence-corrected chi connectivity index (χ1v) is 2.38. The van der Waals surface area contributed by atoms with Gasteiger partial charge in [0.1, 0.15) is 0 Å². The summed E-state index contributed by atoms with van der Waals surface area (Å²) in [6, 6.07) is 0. The van der Waals surface area contributed by atoms with Crippen LogP contribution in [0.2, 0.25) is 0 Å². The molecule has 0 N–H and O–H groups in total. The molecule has 0 aliphatic carbocycles. The van der Waals surface area contributed by atoms with E-state index in [2.05, 4.69) is 0 Å². The lowest BCUT2D eigenvalue weighted by molar-refractivity contribution is 0.568. The van der Waals surface area contributed by atoms with E-state index in [1.165, 1.54) is 0 Å². The van der Waals surface area contributed by atoms with Crippen molar-refractivity contribution < 1.29 is 4.79 Å². The van der Waals surface area contributed by atoms with Crippen LogP contribution in [0.25, 0.3) is 0 Å². The summed E-state index contributed by atoms with van der Waals surface area (Å²) in [5.41, 5.74) is 0.792. The molecule has 0 saturated heterocycles. The minimum absolute atomic E-state index is 0.792. The standard InChI is InChI=1S/C3H7NOS/c1-4(2)6-3-5/h3H,1-2H3. The van der Waals surface area contributed by atoms with Gasteiger partial charge in [0.25, 0.3) is 0 Å². The zero-order valence-electron chi connectivity index (χ0n) is 3.84. The zero-order valence-corrected chi connectivity index (χ0v) is 4.66. The lowest BCUT2D eigenvalue weighted by Crippen LogP contribution is -1.97. The van der Waals surface area contributed by atoms with Gasteiger partial charge in [-0.3, -0.25) is 9.10 Å². The highest BCUT2D eigenvalue weighted by molar-refractivity contribution is 8.09. The molecule has 3 heteroatoms. The largest absolute Gasteiger partial charge is 0.290 e. The van der Waals surface area contributed by atoms with Gasteiger partial charge in [0.05, 0.1) is 0 Å². The third-order valence-corrected chi connectivity index (χ3v) is 0.762. The van der Waals surface area contributed by atoms with Crippen LogP contribution < -0.4 is 0 Å². The van der Waals surface area contributed by atoms with E-state index in [9.17, 15) is 4.79 Å². The molecular formula is C3H7NOS. The van der Waals surface area contributed by atoms with Crippen molar-refractivity contribution in [3.63, 3.8) is 0 Å². The molecule has 0 aliphatic rings. The van der Waals surface area contributed by atoms with Crippen molar-refractivity contribution in [1.82, 2.24) is 4.31 Å². The van der Waals surface area contributed by atoms with E-state index in [4.69, 9.17) is 0 Å². The quantitative estimate of drug-likeness (QED) is 0.374. The maximum atomic E-state index is 9.54. The number of rotatable bonds is 2. The third kappa shape index (κ3) is 3.98. The molecule has 0 aromatic heterocycles. The monoisotopic (exact) mass is 105 g/mol. The molecule has 0 unspecified atom stereocenters. The third-order valence-electron chi connectivity index (χ3n) is 0.254. The van der Waals surface area contributed by atoms with Crippen LogP contribution in [-0.4, -0.2) is 24.0 Å². The molecule has 0 atom stereocenters. The fourth-order valence-electron chi connectivity index (χ4n) is 0.0861. The molecule has 0 spiro atoms. The van der Waals surface area contributed by atoms with E-state index in [0.29, 0.717) is 0 Å². The van der Waals surface area contributed by atoms with Crippen molar-refractivity contribution in [3.8, 4) is 0 Å². The Labute approximate surface area is 41.6 Å². The highest BCUT2D eigenvalue weighted by atomic mass is 32.2. The first-order chi connectivity index (χ1) is 2.77. The molecule has 2 nitrogen and oxygen atoms in total. The smallest absolute Gasteiger partial charge is 0.191 e. The Morgan fingerprint density at radius 3 is 2.17 bits per heavy atom. The average molecular weight is 105 g/mol. The Hall–Kier alpha value is -0.0200. The normalized spacial score (nSPS) is 9.17. The number of hydrogen-bond acceptors (Lipinski definition) is 3. The fraction of sp³-hybridized carbons (Fsp3) is 0.667. The minimum atomic E-state index is 0.792. The van der Waals surface area contributed by atoms with E-state index >= 15 is 0 Å².